The molecule has 4 rings (SSSR count). The van der Waals surface area contributed by atoms with Gasteiger partial charge < -0.3 is 25.4 Å². The van der Waals surface area contributed by atoms with E-state index in [1.807, 2.05) is 25.1 Å². The van der Waals surface area contributed by atoms with Gasteiger partial charge in [0, 0.05) is 42.8 Å². The number of benzene rings is 1. The number of aliphatic hydroxyl groups is 1. The molecule has 2 aromatic rings. The van der Waals surface area contributed by atoms with Gasteiger partial charge in [0.1, 0.15) is 10.6 Å². The quantitative estimate of drug-likeness (QED) is 0.313. The lowest BCUT2D eigenvalue weighted by Crippen LogP contribution is -2.45. The van der Waals surface area contributed by atoms with Crippen molar-refractivity contribution in [3.8, 4) is 11.4 Å². The Labute approximate surface area is 213 Å². The van der Waals surface area contributed by atoms with E-state index in [1.54, 1.807) is 12.1 Å². The Bertz CT molecular complexity index is 1050. The number of carbonyl (C=O) groups excluding carboxylic acids is 1. The van der Waals surface area contributed by atoms with Crippen LogP contribution in [-0.4, -0.2) is 74.9 Å². The van der Waals surface area contributed by atoms with Crippen LogP contribution in [0, 0.1) is 0 Å². The fourth-order valence-electron chi connectivity index (χ4n) is 4.70. The summed E-state index contributed by atoms with van der Waals surface area (Å²) in [4.78, 5) is 24.0. The molecule has 0 unspecified atom stereocenters. The van der Waals surface area contributed by atoms with Crippen LogP contribution in [-0.2, 0) is 9.48 Å². The predicted molar refractivity (Wildman–Crippen MR) is 143 cm³/mol. The number of aliphatic hydroxyl groups excluding tert-OH is 1. The van der Waals surface area contributed by atoms with Crippen LogP contribution in [0.3, 0.4) is 0 Å². The van der Waals surface area contributed by atoms with Crippen molar-refractivity contribution in [1.82, 2.24) is 15.3 Å². The summed E-state index contributed by atoms with van der Waals surface area (Å²) < 4.78 is 26.9. The summed E-state index contributed by atoms with van der Waals surface area (Å²) in [7, 11) is -2.87. The number of ether oxygens (including phenoxy) is 1. The Hall–Kier alpha value is -2.44. The van der Waals surface area contributed by atoms with E-state index in [0.717, 1.165) is 17.8 Å². The average Bonchev–Trinajstić information content (AvgIpc) is 2.84. The van der Waals surface area contributed by atoms with Crippen molar-refractivity contribution in [3.63, 3.8) is 0 Å². The first-order chi connectivity index (χ1) is 17.3. The average molecular weight is 520 g/mol. The topological polar surface area (TPSA) is 140 Å². The molecule has 1 aromatic heterocycles. The van der Waals surface area contributed by atoms with Gasteiger partial charge in [0.15, 0.2) is 5.82 Å². The van der Waals surface area contributed by atoms with Crippen LogP contribution in [0.25, 0.3) is 11.4 Å². The molecular weight excluding hydrogens is 482 g/mol. The first-order valence-electron chi connectivity index (χ1n) is 12.6. The molecule has 2 fully saturated rings. The van der Waals surface area contributed by atoms with Crippen molar-refractivity contribution < 1.29 is 23.7 Å². The minimum Gasteiger partial charge on any atom is -0.396 e. The van der Waals surface area contributed by atoms with Gasteiger partial charge >= 0.3 is 6.03 Å². The molecule has 11 heteroatoms. The van der Waals surface area contributed by atoms with E-state index < -0.39 is 15.3 Å². The maximum Gasteiger partial charge on any atom is 0.319 e. The molecule has 2 heterocycles. The number of nitrogens with one attached hydrogen (secondary N) is 2. The maximum absolute atomic E-state index is 12.0. The second-order valence-electron chi connectivity index (χ2n) is 9.39. The largest absolute Gasteiger partial charge is 0.396 e. The van der Waals surface area contributed by atoms with Crippen molar-refractivity contribution in [3.05, 3.63) is 36.0 Å². The number of anilines is 2. The molecule has 1 atom stereocenters. The Morgan fingerprint density at radius 2 is 2.00 bits per heavy atom. The number of urea groups is 1. The Morgan fingerprint density at radius 1 is 1.25 bits per heavy atom. The fourth-order valence-corrected chi connectivity index (χ4v) is 6.63. The second kappa shape index (κ2) is 11.3. The molecular formula is C25H37N5O5S. The molecule has 1 saturated carbocycles. The molecule has 2 aliphatic rings. The summed E-state index contributed by atoms with van der Waals surface area (Å²) in [5.74, 6) is 1.56. The molecule has 0 spiro atoms. The van der Waals surface area contributed by atoms with Crippen LogP contribution in [0.2, 0.25) is 0 Å². The third-order valence-corrected chi connectivity index (χ3v) is 9.73. The number of morpholine rings is 1. The van der Waals surface area contributed by atoms with Gasteiger partial charge in [-0.2, -0.15) is 10.6 Å². The highest BCUT2D eigenvalue weighted by Crippen LogP contribution is 2.67. The lowest BCUT2D eigenvalue weighted by atomic mass is 9.81. The fraction of sp³-hybridized carbons (Fsp3) is 0.560. The van der Waals surface area contributed by atoms with E-state index in [2.05, 4.69) is 22.5 Å². The number of hydrogen-bond donors (Lipinski definition) is 5. The van der Waals surface area contributed by atoms with Gasteiger partial charge in [0.2, 0.25) is 0 Å². The number of rotatable bonds is 9. The summed E-state index contributed by atoms with van der Waals surface area (Å²) in [6, 6.07) is 8.99. The third kappa shape index (κ3) is 5.45. The third-order valence-electron chi connectivity index (χ3n) is 7.05. The Morgan fingerprint density at radius 3 is 2.61 bits per heavy atom. The van der Waals surface area contributed by atoms with E-state index in [1.165, 1.54) is 0 Å². The standard InChI is InChI=1S/C25H37N5O5S/c1-3-36(33,34)25(10-4-11-25)21-16-22(30-13-15-35-17-18(30)2)29-23(28-21)19-6-8-20(9-7-19)27-24(32)26-12-5-14-31/h6-9,16,18,31,33-34H,3-5,10-15,17H2,1-2H3,(H2,26,27,32)/t18-/m0/s1. The van der Waals surface area contributed by atoms with Crippen LogP contribution in [0.1, 0.15) is 45.2 Å². The van der Waals surface area contributed by atoms with Crippen molar-refractivity contribution in [1.29, 1.82) is 0 Å². The highest BCUT2D eigenvalue weighted by molar-refractivity contribution is 8.25. The van der Waals surface area contributed by atoms with Crippen LogP contribution in [0.4, 0.5) is 16.3 Å². The zero-order valence-corrected chi connectivity index (χ0v) is 21.8. The minimum absolute atomic E-state index is 0.0218. The van der Waals surface area contributed by atoms with Crippen molar-refractivity contribution in [2.45, 2.75) is 50.3 Å². The van der Waals surface area contributed by atoms with E-state index in [-0.39, 0.29) is 24.4 Å². The summed E-state index contributed by atoms with van der Waals surface area (Å²) in [6.07, 6.45) is 2.80. The Kier molecular flexibility index (Phi) is 8.36. The molecule has 198 valence electrons. The smallest absolute Gasteiger partial charge is 0.319 e. The molecule has 36 heavy (non-hydrogen) atoms. The number of hydrogen-bond acceptors (Lipinski definition) is 8. The maximum atomic E-state index is 12.0. The van der Waals surface area contributed by atoms with Gasteiger partial charge in [-0.15, -0.1) is 0 Å². The van der Waals surface area contributed by atoms with Gasteiger partial charge in [-0.05, 0) is 63.8 Å². The molecule has 10 nitrogen and oxygen atoms in total. The number of nitrogens with zero attached hydrogens (tertiary/aromatic N) is 3. The number of aromatic nitrogens is 2. The van der Waals surface area contributed by atoms with E-state index >= 15 is 0 Å². The Balaban J connectivity index is 1.66. The van der Waals surface area contributed by atoms with E-state index in [4.69, 9.17) is 19.8 Å². The summed E-state index contributed by atoms with van der Waals surface area (Å²) >= 11 is 0. The predicted octanol–water partition coefficient (Wildman–Crippen LogP) is 4.02. The van der Waals surface area contributed by atoms with Crippen LogP contribution >= 0.6 is 10.6 Å². The van der Waals surface area contributed by atoms with Gasteiger partial charge in [-0.3, -0.25) is 9.11 Å². The van der Waals surface area contributed by atoms with Gasteiger partial charge in [0.25, 0.3) is 0 Å². The normalized spacial score (nSPS) is 19.9. The second-order valence-corrected chi connectivity index (χ2v) is 12.1. The zero-order chi connectivity index (χ0) is 25.8. The first-order valence-corrected chi connectivity index (χ1v) is 14.3. The first kappa shape index (κ1) is 26.6. The lowest BCUT2D eigenvalue weighted by Gasteiger charge is -2.55. The molecule has 0 radical (unpaired) electrons. The van der Waals surface area contributed by atoms with Gasteiger partial charge in [-0.25, -0.2) is 14.8 Å². The molecule has 2 amide bonds. The summed E-state index contributed by atoms with van der Waals surface area (Å²) in [5.41, 5.74) is 2.07. The number of amides is 2. The van der Waals surface area contributed by atoms with Gasteiger partial charge in [0.05, 0.1) is 24.9 Å². The SMILES string of the molecule is CCS(O)(O)C1(c2cc(N3CCOC[C@@H]3C)nc(-c3ccc(NC(=O)NCCCO)cc3)n2)CCC1. The summed E-state index contributed by atoms with van der Waals surface area (Å²) in [6.45, 7) is 6.22. The lowest BCUT2D eigenvalue weighted by molar-refractivity contribution is 0.0985. The van der Waals surface area contributed by atoms with Crippen LogP contribution in [0.5, 0.6) is 0 Å². The van der Waals surface area contributed by atoms with Gasteiger partial charge in [-0.1, -0.05) is 0 Å². The molecule has 1 saturated heterocycles. The highest BCUT2D eigenvalue weighted by atomic mass is 32.3. The zero-order valence-electron chi connectivity index (χ0n) is 20.9. The molecule has 0 bridgehead atoms. The van der Waals surface area contributed by atoms with Crippen molar-refractivity contribution in [2.75, 3.05) is 48.9 Å². The van der Waals surface area contributed by atoms with Crippen LogP contribution < -0.4 is 15.5 Å². The van der Waals surface area contributed by atoms with E-state index in [0.29, 0.717) is 62.8 Å². The minimum atomic E-state index is -2.87. The van der Waals surface area contributed by atoms with Crippen molar-refractivity contribution >= 4 is 28.1 Å². The van der Waals surface area contributed by atoms with Crippen molar-refractivity contribution in [2.24, 2.45) is 0 Å². The number of carbonyl (C=O) groups is 1. The highest BCUT2D eigenvalue weighted by Gasteiger charge is 2.50. The molecule has 1 aliphatic carbocycles. The summed E-state index contributed by atoms with van der Waals surface area (Å²) in [5, 5.41) is 14.3. The van der Waals surface area contributed by atoms with E-state index in [9.17, 15) is 13.9 Å². The molecule has 1 aliphatic heterocycles. The molecule has 1 aromatic carbocycles. The van der Waals surface area contributed by atoms with Crippen LogP contribution in [0.15, 0.2) is 30.3 Å². The molecule has 5 N–H and O–H groups in total. The monoisotopic (exact) mass is 519 g/mol.